The maximum Gasteiger partial charge on any atom is 0.211 e. The van der Waals surface area contributed by atoms with Gasteiger partial charge in [0.25, 0.3) is 0 Å². The lowest BCUT2D eigenvalue weighted by Crippen LogP contribution is -2.44. The van der Waals surface area contributed by atoms with Gasteiger partial charge in [0.2, 0.25) is 4.99 Å². The van der Waals surface area contributed by atoms with Crippen molar-refractivity contribution in [1.82, 2.24) is 4.65 Å². The van der Waals surface area contributed by atoms with Crippen LogP contribution in [0.2, 0.25) is 0 Å². The largest absolute Gasteiger partial charge is 0.616 e. The van der Waals surface area contributed by atoms with Crippen molar-refractivity contribution in [3.8, 4) is 5.75 Å². The summed E-state index contributed by atoms with van der Waals surface area (Å²) in [5, 5.41) is 13.0. The van der Waals surface area contributed by atoms with E-state index in [-0.39, 0.29) is 0 Å². The molecule has 0 saturated carbocycles. The third kappa shape index (κ3) is 1.99. The Kier molecular flexibility index (Phi) is 3.34. The van der Waals surface area contributed by atoms with Crippen LogP contribution in [0.1, 0.15) is 12.5 Å². The molecule has 18 heavy (non-hydrogen) atoms. The first-order valence-corrected chi connectivity index (χ1v) is 6.06. The molecular weight excluding hydrogens is 246 g/mol. The number of quaternary nitrogens is 1. The lowest BCUT2D eigenvalue weighted by atomic mass is 10.1. The zero-order valence-electron chi connectivity index (χ0n) is 10.6. The van der Waals surface area contributed by atoms with Gasteiger partial charge in [-0.3, -0.25) is 4.65 Å². The van der Waals surface area contributed by atoms with Gasteiger partial charge in [0.1, 0.15) is 6.20 Å². The Morgan fingerprint density at radius 1 is 1.28 bits per heavy atom. The van der Waals surface area contributed by atoms with Crippen molar-refractivity contribution in [3.05, 3.63) is 52.9 Å². The van der Waals surface area contributed by atoms with Crippen LogP contribution in [0.3, 0.4) is 0 Å². The zero-order valence-corrected chi connectivity index (χ0v) is 11.5. The highest BCUT2D eigenvalue weighted by Crippen LogP contribution is 2.37. The second-order valence-corrected chi connectivity index (χ2v) is 4.72. The van der Waals surface area contributed by atoms with Crippen molar-refractivity contribution in [2.75, 3.05) is 7.11 Å². The Morgan fingerprint density at radius 3 is 2.67 bits per heavy atom. The predicted molar refractivity (Wildman–Crippen MR) is 78.4 cm³/mol. The first-order chi connectivity index (χ1) is 8.49. The van der Waals surface area contributed by atoms with Crippen LogP contribution in [0.5, 0.6) is 5.75 Å². The van der Waals surface area contributed by atoms with Gasteiger partial charge in [-0.05, 0) is 49.8 Å². The van der Waals surface area contributed by atoms with E-state index >= 15 is 0 Å². The fourth-order valence-corrected chi connectivity index (χ4v) is 2.19. The number of rotatable bonds is 2. The second-order valence-electron chi connectivity index (χ2n) is 4.33. The van der Waals surface area contributed by atoms with Crippen LogP contribution < -0.4 is 9.38 Å². The summed E-state index contributed by atoms with van der Waals surface area (Å²) in [7, 11) is 1.56. The van der Waals surface area contributed by atoms with Crippen LogP contribution in [-0.2, 0) is 0 Å². The Hall–Kier alpha value is -1.49. The van der Waals surface area contributed by atoms with E-state index in [0.29, 0.717) is 16.4 Å². The molecule has 1 aromatic rings. The van der Waals surface area contributed by atoms with Gasteiger partial charge in [-0.15, -0.1) is 0 Å². The van der Waals surface area contributed by atoms with Gasteiger partial charge >= 0.3 is 0 Å². The molecule has 1 aliphatic rings. The number of nitrogens with zero attached hydrogens (tertiary/aromatic N) is 1. The van der Waals surface area contributed by atoms with E-state index in [1.54, 1.807) is 19.3 Å². The molecule has 0 N–H and O–H groups in total. The van der Waals surface area contributed by atoms with Crippen LogP contribution in [-0.4, -0.2) is 12.1 Å². The number of allylic oxidation sites excluding steroid dienone is 2. The summed E-state index contributed by atoms with van der Waals surface area (Å²) in [4.78, 5) is 0.349. The van der Waals surface area contributed by atoms with Gasteiger partial charge in [-0.2, -0.15) is 0 Å². The molecule has 0 aliphatic carbocycles. The van der Waals surface area contributed by atoms with E-state index in [4.69, 9.17) is 17.0 Å². The van der Waals surface area contributed by atoms with Gasteiger partial charge in [0.05, 0.1) is 7.11 Å². The molecular formula is C14H15NO2S. The summed E-state index contributed by atoms with van der Waals surface area (Å²) in [6.45, 7) is 3.79. The lowest BCUT2D eigenvalue weighted by Gasteiger charge is -2.40. The molecule has 3 nitrogen and oxygen atoms in total. The average Bonchev–Trinajstić information content (AvgIpc) is 2.36. The van der Waals surface area contributed by atoms with E-state index in [1.165, 1.54) is 6.20 Å². The van der Waals surface area contributed by atoms with Crippen LogP contribution in [0.15, 0.2) is 42.1 Å². The molecule has 0 bridgehead atoms. The van der Waals surface area contributed by atoms with Gasteiger partial charge in [0, 0.05) is 11.6 Å². The molecule has 0 aromatic heterocycles. The zero-order chi connectivity index (χ0) is 13.3. The molecule has 94 valence electrons. The maximum atomic E-state index is 13.0. The van der Waals surface area contributed by atoms with Crippen molar-refractivity contribution >= 4 is 22.9 Å². The van der Waals surface area contributed by atoms with E-state index in [0.717, 1.165) is 11.1 Å². The molecule has 2 rings (SSSR count). The molecule has 0 fully saturated rings. The lowest BCUT2D eigenvalue weighted by molar-refractivity contribution is 0.409. The summed E-state index contributed by atoms with van der Waals surface area (Å²) >= 11 is 5.28. The number of ether oxygens (including phenoxy) is 1. The summed E-state index contributed by atoms with van der Waals surface area (Å²) in [5.74, 6) is 0.553. The normalized spacial score (nSPS) is 22.9. The minimum absolute atomic E-state index is 0.349. The molecule has 0 saturated heterocycles. The van der Waals surface area contributed by atoms with Crippen molar-refractivity contribution < 1.29 is 4.74 Å². The van der Waals surface area contributed by atoms with Crippen LogP contribution >= 0.6 is 12.2 Å². The Labute approximate surface area is 112 Å². The van der Waals surface area contributed by atoms with E-state index in [1.807, 2.05) is 32.1 Å². The quantitative estimate of drug-likeness (QED) is 0.463. The molecule has 1 atom stereocenters. The number of hydroxylamine groups is 2. The third-order valence-corrected chi connectivity index (χ3v) is 3.57. The van der Waals surface area contributed by atoms with Crippen molar-refractivity contribution in [2.45, 2.75) is 13.8 Å². The smallest absolute Gasteiger partial charge is 0.211 e. The van der Waals surface area contributed by atoms with Crippen molar-refractivity contribution in [2.24, 2.45) is 0 Å². The number of thiocarbonyl (C=S) groups is 1. The Balaban J connectivity index is 2.61. The summed E-state index contributed by atoms with van der Waals surface area (Å²) in [6.07, 6.45) is 5.12. The maximum absolute atomic E-state index is 13.0. The molecule has 1 aromatic carbocycles. The SMILES string of the molecule is COc1ccc(C)cc1[N+]1([O-])C=CC=C(C)C1=S. The molecule has 0 amide bonds. The fraction of sp³-hybridized carbons (Fsp3) is 0.214. The Bertz CT molecular complexity index is 563. The molecule has 0 radical (unpaired) electrons. The first-order valence-electron chi connectivity index (χ1n) is 5.65. The topological polar surface area (TPSA) is 32.3 Å². The monoisotopic (exact) mass is 261 g/mol. The standard InChI is InChI=1S/C14H15NO2S/c1-10-6-7-13(17-3)12(9-10)15(16)8-4-5-11(2)14(15)18/h4-9H,1-3H3. The summed E-state index contributed by atoms with van der Waals surface area (Å²) in [5.41, 5.74) is 2.33. The highest BCUT2D eigenvalue weighted by molar-refractivity contribution is 7.81. The minimum atomic E-state index is -0.761. The fourth-order valence-electron chi connectivity index (χ4n) is 1.96. The second kappa shape index (κ2) is 4.65. The third-order valence-electron chi connectivity index (χ3n) is 2.97. The van der Waals surface area contributed by atoms with Gasteiger partial charge < -0.3 is 9.94 Å². The van der Waals surface area contributed by atoms with Gasteiger partial charge in [0.15, 0.2) is 11.4 Å². The van der Waals surface area contributed by atoms with Crippen LogP contribution in [0, 0.1) is 12.1 Å². The predicted octanol–water partition coefficient (Wildman–Crippen LogP) is 3.61. The molecule has 1 unspecified atom stereocenters. The van der Waals surface area contributed by atoms with Crippen molar-refractivity contribution in [1.29, 1.82) is 0 Å². The average molecular weight is 261 g/mol. The van der Waals surface area contributed by atoms with E-state index in [2.05, 4.69) is 0 Å². The number of hydrogen-bond acceptors (Lipinski definition) is 3. The highest BCUT2D eigenvalue weighted by atomic mass is 32.1. The minimum Gasteiger partial charge on any atom is -0.616 e. The van der Waals surface area contributed by atoms with Gasteiger partial charge in [-0.25, -0.2) is 0 Å². The molecule has 0 spiro atoms. The Morgan fingerprint density at radius 2 is 2.00 bits per heavy atom. The first kappa shape index (κ1) is 13.0. The number of hydrogen-bond donors (Lipinski definition) is 0. The van der Waals surface area contributed by atoms with Crippen LogP contribution in [0.4, 0.5) is 5.69 Å². The van der Waals surface area contributed by atoms with Crippen molar-refractivity contribution in [3.63, 3.8) is 0 Å². The molecule has 1 aliphatic heterocycles. The summed E-state index contributed by atoms with van der Waals surface area (Å²) < 4.78 is 4.51. The van der Waals surface area contributed by atoms with E-state index < -0.39 is 4.65 Å². The molecule has 4 heteroatoms. The van der Waals surface area contributed by atoms with E-state index in [9.17, 15) is 5.21 Å². The number of aryl methyl sites for hydroxylation is 1. The molecule has 1 heterocycles. The van der Waals surface area contributed by atoms with Gasteiger partial charge in [-0.1, -0.05) is 6.07 Å². The highest BCUT2D eigenvalue weighted by Gasteiger charge is 2.31. The number of benzene rings is 1. The van der Waals surface area contributed by atoms with Crippen LogP contribution in [0.25, 0.3) is 0 Å². The number of methoxy groups -OCH3 is 1. The summed E-state index contributed by atoms with van der Waals surface area (Å²) in [6, 6.07) is 5.53.